The van der Waals surface area contributed by atoms with Crippen LogP contribution in [0, 0.1) is 6.92 Å². The maximum absolute atomic E-state index is 10.9. The Kier molecular flexibility index (Phi) is 2.80. The summed E-state index contributed by atoms with van der Waals surface area (Å²) >= 11 is 3.46. The highest BCUT2D eigenvalue weighted by atomic mass is 79.9. The second kappa shape index (κ2) is 3.94. The van der Waals surface area contributed by atoms with Crippen LogP contribution < -0.4 is 5.32 Å². The van der Waals surface area contributed by atoms with Crippen LogP contribution in [0.5, 0.6) is 0 Å². The molecule has 1 unspecified atom stereocenters. The number of halogens is 1. The third-order valence-electron chi connectivity index (χ3n) is 2.87. The zero-order valence-electron chi connectivity index (χ0n) is 8.38. The first-order valence-corrected chi connectivity index (χ1v) is 5.62. The second-order valence-electron chi connectivity index (χ2n) is 3.79. The smallest absolute Gasteiger partial charge is 0.321 e. The molecule has 1 aromatic rings. The Morgan fingerprint density at radius 2 is 2.33 bits per heavy atom. The van der Waals surface area contributed by atoms with Crippen molar-refractivity contribution in [3.05, 3.63) is 33.3 Å². The summed E-state index contributed by atoms with van der Waals surface area (Å²) in [5.41, 5.74) is 3.52. The van der Waals surface area contributed by atoms with Gasteiger partial charge in [-0.2, -0.15) is 0 Å². The predicted molar refractivity (Wildman–Crippen MR) is 60.8 cm³/mol. The van der Waals surface area contributed by atoms with Crippen molar-refractivity contribution in [3.63, 3.8) is 0 Å². The molecule has 0 aliphatic carbocycles. The molecule has 1 aromatic carbocycles. The van der Waals surface area contributed by atoms with Crippen LogP contribution in [-0.4, -0.2) is 17.1 Å². The first-order chi connectivity index (χ1) is 7.09. The molecule has 0 radical (unpaired) electrons. The van der Waals surface area contributed by atoms with Gasteiger partial charge in [0, 0.05) is 11.0 Å². The van der Waals surface area contributed by atoms with Crippen LogP contribution in [0.3, 0.4) is 0 Å². The maximum atomic E-state index is 10.9. The Bertz CT molecular complexity index is 417. The first-order valence-electron chi connectivity index (χ1n) is 4.82. The minimum Gasteiger partial charge on any atom is -0.480 e. The molecule has 0 bridgehead atoms. The van der Waals surface area contributed by atoms with Crippen molar-refractivity contribution in [2.45, 2.75) is 25.9 Å². The zero-order valence-corrected chi connectivity index (χ0v) is 9.97. The van der Waals surface area contributed by atoms with Crippen LogP contribution in [0.15, 0.2) is 16.6 Å². The van der Waals surface area contributed by atoms with Gasteiger partial charge in [0.2, 0.25) is 0 Å². The second-order valence-corrected chi connectivity index (χ2v) is 4.64. The molecule has 1 atom stereocenters. The normalized spacial score (nSPS) is 19.7. The maximum Gasteiger partial charge on any atom is 0.321 e. The van der Waals surface area contributed by atoms with Gasteiger partial charge in [-0.15, -0.1) is 0 Å². The van der Waals surface area contributed by atoms with E-state index < -0.39 is 12.0 Å². The molecule has 80 valence electrons. The topological polar surface area (TPSA) is 49.3 Å². The van der Waals surface area contributed by atoms with Gasteiger partial charge in [-0.05, 0) is 36.1 Å². The summed E-state index contributed by atoms with van der Waals surface area (Å²) in [5, 5.41) is 12.0. The van der Waals surface area contributed by atoms with Crippen LogP contribution in [-0.2, 0) is 17.8 Å². The van der Waals surface area contributed by atoms with Crippen LogP contribution in [0.1, 0.15) is 16.7 Å². The molecule has 0 spiro atoms. The van der Waals surface area contributed by atoms with E-state index in [2.05, 4.69) is 21.2 Å². The molecular formula is C11H12BrNO2. The predicted octanol–water partition coefficient (Wildman–Crippen LogP) is 1.86. The van der Waals surface area contributed by atoms with Crippen molar-refractivity contribution < 1.29 is 9.90 Å². The fourth-order valence-corrected chi connectivity index (χ4v) is 2.29. The Morgan fingerprint density at radius 1 is 1.60 bits per heavy atom. The van der Waals surface area contributed by atoms with Gasteiger partial charge in [0.05, 0.1) is 0 Å². The number of nitrogens with one attached hydrogen (secondary N) is 1. The quantitative estimate of drug-likeness (QED) is 0.818. The Hall–Kier alpha value is -0.870. The number of rotatable bonds is 1. The third-order valence-corrected chi connectivity index (χ3v) is 3.73. The molecule has 1 aliphatic heterocycles. The lowest BCUT2D eigenvalue weighted by atomic mass is 9.92. The van der Waals surface area contributed by atoms with Crippen LogP contribution in [0.4, 0.5) is 0 Å². The minimum absolute atomic E-state index is 0.453. The van der Waals surface area contributed by atoms with E-state index in [1.165, 1.54) is 5.56 Å². The number of carboxylic acid groups (broad SMARTS) is 1. The summed E-state index contributed by atoms with van der Waals surface area (Å²) in [6, 6.07) is 3.60. The summed E-state index contributed by atoms with van der Waals surface area (Å²) in [7, 11) is 0. The van der Waals surface area contributed by atoms with E-state index in [4.69, 9.17) is 5.11 Å². The molecule has 3 nitrogen and oxygen atoms in total. The molecule has 15 heavy (non-hydrogen) atoms. The Balaban J connectivity index is 2.39. The Morgan fingerprint density at radius 3 is 3.00 bits per heavy atom. The number of carboxylic acids is 1. The number of fused-ring (bicyclic) bond motifs is 1. The minimum atomic E-state index is -0.778. The van der Waals surface area contributed by atoms with Gasteiger partial charge < -0.3 is 10.4 Å². The SMILES string of the molecule is Cc1c(Br)ccc2c1CC(C(=O)O)NC2. The molecule has 2 rings (SSSR count). The van der Waals surface area contributed by atoms with Gasteiger partial charge in [0.1, 0.15) is 6.04 Å². The molecule has 4 heteroatoms. The fourth-order valence-electron chi connectivity index (χ4n) is 1.92. The molecule has 0 saturated heterocycles. The highest BCUT2D eigenvalue weighted by molar-refractivity contribution is 9.10. The average Bonchev–Trinajstić information content (AvgIpc) is 2.23. The number of hydrogen-bond acceptors (Lipinski definition) is 2. The van der Waals surface area contributed by atoms with Crippen molar-refractivity contribution in [3.8, 4) is 0 Å². The molecule has 0 aromatic heterocycles. The Labute approximate surface area is 96.6 Å². The van der Waals surface area contributed by atoms with Gasteiger partial charge in [-0.3, -0.25) is 4.79 Å². The van der Waals surface area contributed by atoms with E-state index in [0.717, 1.165) is 15.6 Å². The molecule has 0 amide bonds. The van der Waals surface area contributed by atoms with E-state index in [0.29, 0.717) is 13.0 Å². The molecular weight excluding hydrogens is 258 g/mol. The van der Waals surface area contributed by atoms with E-state index in [-0.39, 0.29) is 0 Å². The van der Waals surface area contributed by atoms with Gasteiger partial charge >= 0.3 is 5.97 Å². The number of aliphatic carboxylic acids is 1. The van der Waals surface area contributed by atoms with E-state index >= 15 is 0 Å². The molecule has 0 saturated carbocycles. The number of carbonyl (C=O) groups is 1. The molecule has 2 N–H and O–H groups in total. The van der Waals surface area contributed by atoms with E-state index in [1.54, 1.807) is 0 Å². The fraction of sp³-hybridized carbons (Fsp3) is 0.364. The van der Waals surface area contributed by atoms with Crippen molar-refractivity contribution in [1.82, 2.24) is 5.32 Å². The summed E-state index contributed by atoms with van der Waals surface area (Å²) in [4.78, 5) is 10.9. The lowest BCUT2D eigenvalue weighted by Gasteiger charge is -2.25. The van der Waals surface area contributed by atoms with Crippen molar-refractivity contribution in [2.24, 2.45) is 0 Å². The largest absolute Gasteiger partial charge is 0.480 e. The van der Waals surface area contributed by atoms with E-state index in [1.807, 2.05) is 19.1 Å². The van der Waals surface area contributed by atoms with Crippen molar-refractivity contribution in [1.29, 1.82) is 0 Å². The summed E-state index contributed by atoms with van der Waals surface area (Å²) in [6.45, 7) is 2.66. The van der Waals surface area contributed by atoms with Crippen molar-refractivity contribution in [2.75, 3.05) is 0 Å². The summed E-state index contributed by atoms with van der Waals surface area (Å²) < 4.78 is 1.05. The van der Waals surface area contributed by atoms with Crippen LogP contribution in [0.2, 0.25) is 0 Å². The number of benzene rings is 1. The van der Waals surface area contributed by atoms with Gasteiger partial charge in [0.15, 0.2) is 0 Å². The summed E-state index contributed by atoms with van der Waals surface area (Å²) in [6.07, 6.45) is 0.565. The van der Waals surface area contributed by atoms with Crippen molar-refractivity contribution >= 4 is 21.9 Å². The highest BCUT2D eigenvalue weighted by Crippen LogP contribution is 2.26. The van der Waals surface area contributed by atoms with Crippen LogP contribution >= 0.6 is 15.9 Å². The zero-order chi connectivity index (χ0) is 11.0. The van der Waals surface area contributed by atoms with Gasteiger partial charge in [0.25, 0.3) is 0 Å². The first kappa shape index (κ1) is 10.6. The monoisotopic (exact) mass is 269 g/mol. The molecule has 1 heterocycles. The molecule has 1 aliphatic rings. The molecule has 0 fully saturated rings. The van der Waals surface area contributed by atoms with E-state index in [9.17, 15) is 4.79 Å². The lowest BCUT2D eigenvalue weighted by molar-refractivity contribution is -0.139. The highest BCUT2D eigenvalue weighted by Gasteiger charge is 2.24. The standard InChI is InChI=1S/C11H12BrNO2/c1-6-8-4-10(11(14)15)13-5-7(8)2-3-9(6)12/h2-3,10,13H,4-5H2,1H3,(H,14,15). The number of hydrogen-bond donors (Lipinski definition) is 2. The van der Waals surface area contributed by atoms with Gasteiger partial charge in [-0.25, -0.2) is 0 Å². The van der Waals surface area contributed by atoms with Crippen LogP contribution in [0.25, 0.3) is 0 Å². The lowest BCUT2D eigenvalue weighted by Crippen LogP contribution is -2.41. The summed E-state index contributed by atoms with van der Waals surface area (Å²) in [5.74, 6) is -0.778. The van der Waals surface area contributed by atoms with Gasteiger partial charge in [-0.1, -0.05) is 22.0 Å². The average molecular weight is 270 g/mol. The third kappa shape index (κ3) is 1.92.